The second-order valence-electron chi connectivity index (χ2n) is 7.02. The molecule has 0 aromatic heterocycles. The van der Waals surface area contributed by atoms with E-state index in [2.05, 4.69) is 24.1 Å². The van der Waals surface area contributed by atoms with Crippen molar-refractivity contribution in [1.29, 1.82) is 0 Å². The summed E-state index contributed by atoms with van der Waals surface area (Å²) in [5.41, 5.74) is -0.284. The molecule has 0 bridgehead atoms. The molecule has 0 spiro atoms. The number of nitrogens with one attached hydrogen (secondary N) is 1. The van der Waals surface area contributed by atoms with Crippen molar-refractivity contribution < 1.29 is 4.79 Å². The second kappa shape index (κ2) is 7.28. The lowest BCUT2D eigenvalue weighted by molar-refractivity contribution is -0.129. The van der Waals surface area contributed by atoms with Crippen LogP contribution in [0.15, 0.2) is 0 Å². The molecule has 2 unspecified atom stereocenters. The first-order valence-electron chi connectivity index (χ1n) is 7.90. The van der Waals surface area contributed by atoms with Crippen LogP contribution in [-0.4, -0.2) is 36.5 Å². The zero-order chi connectivity index (χ0) is 14.5. The number of carbonyl (C=O) groups is 1. The summed E-state index contributed by atoms with van der Waals surface area (Å²) in [6.45, 7) is 13.7. The third-order valence-corrected chi connectivity index (χ3v) is 4.04. The minimum atomic E-state index is -0.284. The number of likely N-dealkylation sites (N-methyl/N-ethyl adjacent to an activating group) is 1. The van der Waals surface area contributed by atoms with E-state index in [-0.39, 0.29) is 11.3 Å². The van der Waals surface area contributed by atoms with Crippen molar-refractivity contribution in [3.05, 3.63) is 0 Å². The Morgan fingerprint density at radius 2 is 1.95 bits per heavy atom. The fraction of sp³-hybridized carbons (Fsp3) is 0.938. The molecule has 0 aromatic carbocycles. The van der Waals surface area contributed by atoms with E-state index in [4.69, 9.17) is 0 Å². The summed E-state index contributed by atoms with van der Waals surface area (Å²) in [5, 5.41) is 3.25. The van der Waals surface area contributed by atoms with Crippen LogP contribution in [0.4, 0.5) is 0 Å². The summed E-state index contributed by atoms with van der Waals surface area (Å²) in [5.74, 6) is 0.934. The van der Waals surface area contributed by atoms with Crippen LogP contribution in [-0.2, 0) is 4.79 Å². The van der Waals surface area contributed by atoms with E-state index in [0.717, 1.165) is 25.4 Å². The predicted octanol–water partition coefficient (Wildman–Crippen LogP) is 3.05. The average Bonchev–Trinajstić information content (AvgIpc) is 2.34. The Labute approximate surface area is 119 Å². The molecule has 1 rings (SSSR count). The summed E-state index contributed by atoms with van der Waals surface area (Å²) in [6.07, 6.45) is 5.02. The average molecular weight is 268 g/mol. The van der Waals surface area contributed by atoms with Gasteiger partial charge in [-0.2, -0.15) is 0 Å². The molecule has 1 aliphatic rings. The molecule has 3 nitrogen and oxygen atoms in total. The quantitative estimate of drug-likeness (QED) is 0.831. The van der Waals surface area contributed by atoms with Crippen molar-refractivity contribution in [3.63, 3.8) is 0 Å². The van der Waals surface area contributed by atoms with E-state index >= 15 is 0 Å². The monoisotopic (exact) mass is 268 g/mol. The van der Waals surface area contributed by atoms with Gasteiger partial charge in [0.2, 0.25) is 5.91 Å². The number of carbonyl (C=O) groups excluding carboxylic acids is 1. The lowest BCUT2D eigenvalue weighted by Gasteiger charge is -2.38. The number of unbranched alkanes of at least 4 members (excludes halogenated alkanes) is 1. The molecule has 1 amide bonds. The van der Waals surface area contributed by atoms with Gasteiger partial charge in [0.15, 0.2) is 0 Å². The molecule has 1 aliphatic heterocycles. The van der Waals surface area contributed by atoms with Crippen molar-refractivity contribution in [2.45, 2.75) is 66.3 Å². The molecule has 19 heavy (non-hydrogen) atoms. The topological polar surface area (TPSA) is 32.3 Å². The molecule has 0 saturated carbocycles. The number of piperidine rings is 1. The van der Waals surface area contributed by atoms with E-state index in [1.54, 1.807) is 0 Å². The largest absolute Gasteiger partial charge is 0.352 e. The summed E-state index contributed by atoms with van der Waals surface area (Å²) in [6, 6.07) is 0.335. The molecular weight excluding hydrogens is 236 g/mol. The van der Waals surface area contributed by atoms with Gasteiger partial charge in [-0.05, 0) is 25.3 Å². The SMILES string of the molecule is CCCCC1CC(NC(=O)C(C)(C)C)CN(CC)C1. The highest BCUT2D eigenvalue weighted by atomic mass is 16.2. The van der Waals surface area contributed by atoms with E-state index < -0.39 is 0 Å². The van der Waals surface area contributed by atoms with Gasteiger partial charge in [-0.3, -0.25) is 4.79 Å². The molecule has 1 heterocycles. The predicted molar refractivity (Wildman–Crippen MR) is 81.1 cm³/mol. The molecule has 2 atom stereocenters. The fourth-order valence-corrected chi connectivity index (χ4v) is 2.77. The van der Waals surface area contributed by atoms with Crippen LogP contribution in [0.25, 0.3) is 0 Å². The van der Waals surface area contributed by atoms with Crippen molar-refractivity contribution in [2.75, 3.05) is 19.6 Å². The molecule has 112 valence electrons. The van der Waals surface area contributed by atoms with Gasteiger partial charge in [-0.15, -0.1) is 0 Å². The Kier molecular flexibility index (Phi) is 6.31. The molecule has 1 fully saturated rings. The highest BCUT2D eigenvalue weighted by molar-refractivity contribution is 5.81. The molecule has 0 aromatic rings. The zero-order valence-corrected chi connectivity index (χ0v) is 13.5. The molecule has 1 saturated heterocycles. The van der Waals surface area contributed by atoms with Gasteiger partial charge in [0.1, 0.15) is 0 Å². The number of likely N-dealkylation sites (tertiary alicyclic amines) is 1. The van der Waals surface area contributed by atoms with Crippen LogP contribution in [0, 0.1) is 11.3 Å². The van der Waals surface area contributed by atoms with Gasteiger partial charge in [0.25, 0.3) is 0 Å². The minimum Gasteiger partial charge on any atom is -0.352 e. The van der Waals surface area contributed by atoms with Gasteiger partial charge in [0.05, 0.1) is 0 Å². The maximum Gasteiger partial charge on any atom is 0.225 e. The first-order valence-corrected chi connectivity index (χ1v) is 7.90. The number of hydrogen-bond acceptors (Lipinski definition) is 2. The zero-order valence-electron chi connectivity index (χ0n) is 13.5. The first kappa shape index (κ1) is 16.5. The number of amides is 1. The van der Waals surface area contributed by atoms with Crippen LogP contribution in [0.3, 0.4) is 0 Å². The van der Waals surface area contributed by atoms with E-state index in [1.807, 2.05) is 20.8 Å². The van der Waals surface area contributed by atoms with Gasteiger partial charge in [-0.25, -0.2) is 0 Å². The summed E-state index contributed by atoms with van der Waals surface area (Å²) >= 11 is 0. The van der Waals surface area contributed by atoms with Crippen LogP contribution in [0.2, 0.25) is 0 Å². The van der Waals surface area contributed by atoms with E-state index in [0.29, 0.717) is 6.04 Å². The van der Waals surface area contributed by atoms with E-state index in [1.165, 1.54) is 25.8 Å². The summed E-state index contributed by atoms with van der Waals surface area (Å²) < 4.78 is 0. The summed E-state index contributed by atoms with van der Waals surface area (Å²) in [4.78, 5) is 14.6. The van der Waals surface area contributed by atoms with Crippen LogP contribution in [0.5, 0.6) is 0 Å². The lowest BCUT2D eigenvalue weighted by Crippen LogP contribution is -2.52. The maximum atomic E-state index is 12.1. The number of rotatable bonds is 5. The van der Waals surface area contributed by atoms with Crippen LogP contribution in [0.1, 0.15) is 60.3 Å². The Morgan fingerprint density at radius 3 is 2.47 bits per heavy atom. The fourth-order valence-electron chi connectivity index (χ4n) is 2.77. The van der Waals surface area contributed by atoms with Gasteiger partial charge >= 0.3 is 0 Å². The van der Waals surface area contributed by atoms with E-state index in [9.17, 15) is 4.79 Å². The highest BCUT2D eigenvalue weighted by Gasteiger charge is 2.30. The normalized spacial score (nSPS) is 25.3. The van der Waals surface area contributed by atoms with Gasteiger partial charge in [-0.1, -0.05) is 47.5 Å². The number of nitrogens with zero attached hydrogens (tertiary/aromatic N) is 1. The Bertz CT molecular complexity index is 283. The van der Waals surface area contributed by atoms with Gasteiger partial charge < -0.3 is 10.2 Å². The van der Waals surface area contributed by atoms with Gasteiger partial charge in [0, 0.05) is 24.5 Å². The van der Waals surface area contributed by atoms with Crippen LogP contribution >= 0.6 is 0 Å². The standard InChI is InChI=1S/C16H32N2O/c1-6-8-9-13-10-14(12-18(7-2)11-13)17-15(19)16(3,4)5/h13-14H,6-12H2,1-5H3,(H,17,19). The third kappa shape index (κ3) is 5.52. The smallest absolute Gasteiger partial charge is 0.225 e. The lowest BCUT2D eigenvalue weighted by atomic mass is 9.88. The molecule has 1 N–H and O–H groups in total. The van der Waals surface area contributed by atoms with Crippen molar-refractivity contribution in [3.8, 4) is 0 Å². The highest BCUT2D eigenvalue weighted by Crippen LogP contribution is 2.23. The Morgan fingerprint density at radius 1 is 1.26 bits per heavy atom. The molecule has 3 heteroatoms. The third-order valence-electron chi connectivity index (χ3n) is 4.04. The summed E-state index contributed by atoms with van der Waals surface area (Å²) in [7, 11) is 0. The Balaban J connectivity index is 2.54. The number of hydrogen-bond donors (Lipinski definition) is 1. The van der Waals surface area contributed by atoms with Crippen molar-refractivity contribution in [2.24, 2.45) is 11.3 Å². The minimum absolute atomic E-state index is 0.185. The maximum absolute atomic E-state index is 12.1. The van der Waals surface area contributed by atoms with Crippen molar-refractivity contribution >= 4 is 5.91 Å². The van der Waals surface area contributed by atoms with Crippen LogP contribution < -0.4 is 5.32 Å². The Hall–Kier alpha value is -0.570. The first-order chi connectivity index (χ1) is 8.86. The molecule has 0 radical (unpaired) electrons. The second-order valence-corrected chi connectivity index (χ2v) is 7.02. The molecular formula is C16H32N2O. The van der Waals surface area contributed by atoms with Crippen molar-refractivity contribution in [1.82, 2.24) is 10.2 Å². The molecule has 0 aliphatic carbocycles.